The van der Waals surface area contributed by atoms with Crippen molar-refractivity contribution in [2.75, 3.05) is 31.6 Å². The van der Waals surface area contributed by atoms with Crippen molar-refractivity contribution in [1.29, 1.82) is 0 Å². The number of halogens is 1. The van der Waals surface area contributed by atoms with Gasteiger partial charge >= 0.3 is 6.09 Å². The third-order valence-corrected chi connectivity index (χ3v) is 5.75. The highest BCUT2D eigenvalue weighted by Crippen LogP contribution is 2.27. The Morgan fingerprint density at radius 3 is 2.68 bits per heavy atom. The predicted octanol–water partition coefficient (Wildman–Crippen LogP) is 3.47. The Bertz CT molecular complexity index is 1360. The number of morpholine rings is 1. The molecular weight excluding hydrogens is 460 g/mol. The molecule has 11 heteroatoms. The van der Waals surface area contributed by atoms with E-state index in [1.54, 1.807) is 28.6 Å². The van der Waals surface area contributed by atoms with Crippen LogP contribution in [0.3, 0.4) is 0 Å². The topological polar surface area (TPSA) is 103 Å². The predicted molar refractivity (Wildman–Crippen MR) is 125 cm³/mol. The molecule has 4 heterocycles. The summed E-state index contributed by atoms with van der Waals surface area (Å²) in [6.45, 7) is 1.85. The number of hydrogen-bond acceptors (Lipinski definition) is 6. The summed E-state index contributed by atoms with van der Waals surface area (Å²) >= 11 is 6.39. The number of aromatic nitrogens is 4. The summed E-state index contributed by atoms with van der Waals surface area (Å²) in [4.78, 5) is 31.8. The van der Waals surface area contributed by atoms with Crippen LogP contribution in [0.2, 0.25) is 5.02 Å². The zero-order chi connectivity index (χ0) is 23.7. The second kappa shape index (κ2) is 9.16. The third kappa shape index (κ3) is 4.33. The molecule has 1 aliphatic rings. The molecule has 1 N–H and O–H groups in total. The molecular formula is C23H21ClN6O4. The molecule has 4 aromatic rings. The Balaban J connectivity index is 1.35. The fourth-order valence-electron chi connectivity index (χ4n) is 3.71. The lowest BCUT2D eigenvalue weighted by molar-refractivity contribution is 0.0301. The van der Waals surface area contributed by atoms with Gasteiger partial charge in [0.2, 0.25) is 5.88 Å². The van der Waals surface area contributed by atoms with E-state index >= 15 is 0 Å². The second-order valence-corrected chi connectivity index (χ2v) is 8.11. The van der Waals surface area contributed by atoms with Gasteiger partial charge in [-0.05, 0) is 0 Å². The molecule has 3 aromatic heterocycles. The highest BCUT2D eigenvalue weighted by Gasteiger charge is 2.26. The van der Waals surface area contributed by atoms with Crippen molar-refractivity contribution in [2.45, 2.75) is 0 Å². The first-order valence-corrected chi connectivity index (χ1v) is 11.0. The number of amides is 2. The van der Waals surface area contributed by atoms with Crippen LogP contribution in [0, 0.1) is 0 Å². The second-order valence-electron chi connectivity index (χ2n) is 7.70. The smallest absolute Gasteiger partial charge is 0.390 e. The molecule has 0 unspecified atom stereocenters. The first-order chi connectivity index (χ1) is 16.5. The van der Waals surface area contributed by atoms with Gasteiger partial charge in [0.05, 0.1) is 35.8 Å². The van der Waals surface area contributed by atoms with Crippen LogP contribution in [0.25, 0.3) is 16.9 Å². The van der Waals surface area contributed by atoms with Crippen molar-refractivity contribution in [1.82, 2.24) is 24.1 Å². The van der Waals surface area contributed by atoms with Gasteiger partial charge in [-0.25, -0.2) is 14.5 Å². The first kappa shape index (κ1) is 21.9. The maximum absolute atomic E-state index is 12.9. The van der Waals surface area contributed by atoms with Crippen molar-refractivity contribution in [2.24, 2.45) is 7.05 Å². The minimum Gasteiger partial charge on any atom is -0.390 e. The summed E-state index contributed by atoms with van der Waals surface area (Å²) in [5.41, 5.74) is 2.86. The molecule has 0 spiro atoms. The normalized spacial score (nSPS) is 13.8. The quantitative estimate of drug-likeness (QED) is 0.479. The maximum atomic E-state index is 12.9. The number of pyridine rings is 1. The van der Waals surface area contributed by atoms with E-state index in [1.165, 1.54) is 10.9 Å². The molecule has 5 rings (SSSR count). The summed E-state index contributed by atoms with van der Waals surface area (Å²) in [6, 6.07) is 11.4. The van der Waals surface area contributed by atoms with E-state index in [-0.39, 0.29) is 17.4 Å². The van der Waals surface area contributed by atoms with E-state index in [4.69, 9.17) is 21.1 Å². The Kier molecular flexibility index (Phi) is 5.91. The molecule has 0 radical (unpaired) electrons. The van der Waals surface area contributed by atoms with Crippen LogP contribution in [0.5, 0.6) is 5.88 Å². The van der Waals surface area contributed by atoms with Gasteiger partial charge in [0, 0.05) is 44.2 Å². The number of imidazole rings is 1. The van der Waals surface area contributed by atoms with Crippen LogP contribution in [0.4, 0.5) is 10.5 Å². The van der Waals surface area contributed by atoms with Gasteiger partial charge in [0.25, 0.3) is 5.91 Å². The molecule has 0 saturated carbocycles. The van der Waals surface area contributed by atoms with Crippen LogP contribution >= 0.6 is 11.6 Å². The van der Waals surface area contributed by atoms with E-state index < -0.39 is 6.09 Å². The average Bonchev–Trinajstić information content (AvgIpc) is 3.43. The summed E-state index contributed by atoms with van der Waals surface area (Å²) in [6.07, 6.45) is 4.09. The van der Waals surface area contributed by atoms with E-state index in [0.717, 1.165) is 11.3 Å². The van der Waals surface area contributed by atoms with Crippen molar-refractivity contribution >= 4 is 34.9 Å². The van der Waals surface area contributed by atoms with Crippen molar-refractivity contribution in [3.8, 4) is 17.1 Å². The lowest BCUT2D eigenvalue weighted by atomic mass is 10.2. The summed E-state index contributed by atoms with van der Waals surface area (Å²) in [7, 11) is 1.59. The van der Waals surface area contributed by atoms with Gasteiger partial charge in [0.1, 0.15) is 11.2 Å². The van der Waals surface area contributed by atoms with Gasteiger partial charge in [-0.15, -0.1) is 0 Å². The number of anilines is 1. The monoisotopic (exact) mass is 480 g/mol. The van der Waals surface area contributed by atoms with Gasteiger partial charge in [-0.2, -0.15) is 5.10 Å². The fraction of sp³-hybridized carbons (Fsp3) is 0.217. The molecule has 34 heavy (non-hydrogen) atoms. The number of nitrogens with one attached hydrogen (secondary N) is 1. The van der Waals surface area contributed by atoms with Crippen molar-refractivity contribution in [3.05, 3.63) is 65.6 Å². The molecule has 1 aliphatic heterocycles. The minimum atomic E-state index is -0.805. The number of hydrogen-bond donors (Lipinski definition) is 1. The number of ether oxygens (including phenoxy) is 2. The number of rotatable bonds is 4. The number of benzene rings is 1. The van der Waals surface area contributed by atoms with Crippen LogP contribution in [-0.4, -0.2) is 62.4 Å². The van der Waals surface area contributed by atoms with Crippen molar-refractivity contribution in [3.63, 3.8) is 0 Å². The van der Waals surface area contributed by atoms with Crippen LogP contribution < -0.4 is 10.1 Å². The molecule has 0 atom stereocenters. The number of aryl methyl sites for hydroxylation is 1. The molecule has 1 aromatic carbocycles. The van der Waals surface area contributed by atoms with E-state index in [0.29, 0.717) is 42.7 Å². The van der Waals surface area contributed by atoms with E-state index in [1.807, 2.05) is 36.5 Å². The number of fused-ring (bicyclic) bond motifs is 1. The average molecular weight is 481 g/mol. The zero-order valence-corrected chi connectivity index (χ0v) is 19.0. The first-order valence-electron chi connectivity index (χ1n) is 10.6. The standard InChI is InChI=1S/C23H21ClN6O4/c1-28-22(16(12-25-28)21(31)29-7-9-33-10-8-29)34-23(32)27-18-11-20-26-19(14-30(20)13-17(18)24)15-5-3-2-4-6-15/h2-6,11-14H,7-10H2,1H3,(H,27,32). The van der Waals surface area contributed by atoms with Crippen LogP contribution in [-0.2, 0) is 11.8 Å². The Morgan fingerprint density at radius 1 is 1.15 bits per heavy atom. The molecule has 10 nitrogen and oxygen atoms in total. The molecule has 0 bridgehead atoms. The fourth-order valence-corrected chi connectivity index (χ4v) is 3.91. The lowest BCUT2D eigenvalue weighted by Crippen LogP contribution is -2.40. The molecule has 1 saturated heterocycles. The van der Waals surface area contributed by atoms with Crippen LogP contribution in [0.15, 0.2) is 55.0 Å². The highest BCUT2D eigenvalue weighted by molar-refractivity contribution is 6.33. The summed E-state index contributed by atoms with van der Waals surface area (Å²) in [5, 5.41) is 7.01. The number of nitrogens with zero attached hydrogens (tertiary/aromatic N) is 5. The molecule has 0 aliphatic carbocycles. The van der Waals surface area contributed by atoms with Gasteiger partial charge in [0.15, 0.2) is 0 Å². The van der Waals surface area contributed by atoms with E-state index in [9.17, 15) is 9.59 Å². The molecule has 174 valence electrons. The minimum absolute atomic E-state index is 0.0402. The Labute approximate surface area is 199 Å². The van der Waals surface area contributed by atoms with Gasteiger partial charge in [-0.1, -0.05) is 41.9 Å². The number of carbonyl (C=O) groups excluding carboxylic acids is 2. The highest BCUT2D eigenvalue weighted by atomic mass is 35.5. The number of carbonyl (C=O) groups is 2. The van der Waals surface area contributed by atoms with Gasteiger partial charge < -0.3 is 18.8 Å². The van der Waals surface area contributed by atoms with Gasteiger partial charge in [-0.3, -0.25) is 10.1 Å². The summed E-state index contributed by atoms with van der Waals surface area (Å²) in [5.74, 6) is -0.233. The SMILES string of the molecule is Cn1ncc(C(=O)N2CCOCC2)c1OC(=O)Nc1cc2nc(-c3ccccc3)cn2cc1Cl. The Hall–Kier alpha value is -3.89. The zero-order valence-electron chi connectivity index (χ0n) is 18.3. The third-order valence-electron chi connectivity index (χ3n) is 5.45. The van der Waals surface area contributed by atoms with Crippen LogP contribution in [0.1, 0.15) is 10.4 Å². The van der Waals surface area contributed by atoms with Crippen molar-refractivity contribution < 1.29 is 19.1 Å². The maximum Gasteiger partial charge on any atom is 0.418 e. The summed E-state index contributed by atoms with van der Waals surface area (Å²) < 4.78 is 13.9. The largest absolute Gasteiger partial charge is 0.418 e. The Morgan fingerprint density at radius 2 is 1.91 bits per heavy atom. The lowest BCUT2D eigenvalue weighted by Gasteiger charge is -2.26. The van der Waals surface area contributed by atoms with E-state index in [2.05, 4.69) is 15.4 Å². The molecule has 2 amide bonds. The molecule has 1 fully saturated rings.